The first-order valence-electron chi connectivity index (χ1n) is 9.40. The van der Waals surface area contributed by atoms with E-state index in [0.717, 1.165) is 36.8 Å². The molecular weight excluding hydrogens is 511 g/mol. The average Bonchev–Trinajstić information content (AvgIpc) is 3.02. The van der Waals surface area contributed by atoms with Crippen LogP contribution in [0.4, 0.5) is 5.69 Å². The topological polar surface area (TPSA) is 73.8 Å². The molecule has 2 rings (SSSR count). The molecule has 0 amide bonds. The molecule has 9 heteroatoms. The smallest absolute Gasteiger partial charge is 0.191 e. The SMILES string of the molecule is CCNC(=NCCS(=O)(=O)C(C)(C)C)NC1CCN(c2cccc(Cl)c2)C1.I. The monoisotopic (exact) mass is 542 g/mol. The van der Waals surface area contributed by atoms with Crippen molar-refractivity contribution in [3.63, 3.8) is 0 Å². The first-order chi connectivity index (χ1) is 12.6. The molecule has 1 saturated heterocycles. The van der Waals surface area contributed by atoms with E-state index in [9.17, 15) is 8.42 Å². The zero-order valence-electron chi connectivity index (χ0n) is 17.0. The number of hydrogen-bond acceptors (Lipinski definition) is 4. The number of guanidine groups is 1. The minimum absolute atomic E-state index is 0. The number of nitrogens with one attached hydrogen (secondary N) is 2. The van der Waals surface area contributed by atoms with Gasteiger partial charge < -0.3 is 15.5 Å². The van der Waals surface area contributed by atoms with Gasteiger partial charge in [0.2, 0.25) is 0 Å². The van der Waals surface area contributed by atoms with Crippen LogP contribution >= 0.6 is 35.6 Å². The Hall–Kier alpha value is -0.740. The molecule has 1 fully saturated rings. The Labute approximate surface area is 191 Å². The van der Waals surface area contributed by atoms with Gasteiger partial charge in [-0.05, 0) is 52.3 Å². The van der Waals surface area contributed by atoms with Gasteiger partial charge in [-0.2, -0.15) is 0 Å². The van der Waals surface area contributed by atoms with Gasteiger partial charge in [-0.15, -0.1) is 24.0 Å². The molecule has 0 aliphatic carbocycles. The number of rotatable bonds is 6. The lowest BCUT2D eigenvalue weighted by atomic mass is 10.3. The molecule has 1 aliphatic heterocycles. The van der Waals surface area contributed by atoms with Gasteiger partial charge in [0.05, 0.1) is 17.0 Å². The fourth-order valence-corrected chi connectivity index (χ4v) is 4.01. The molecule has 0 spiro atoms. The molecule has 1 atom stereocenters. The predicted octanol–water partition coefficient (Wildman–Crippen LogP) is 3.31. The van der Waals surface area contributed by atoms with Crippen LogP contribution in [0.15, 0.2) is 29.3 Å². The molecular formula is C19H32ClIN4O2S. The van der Waals surface area contributed by atoms with Crippen LogP contribution in [0.1, 0.15) is 34.1 Å². The van der Waals surface area contributed by atoms with E-state index in [2.05, 4.69) is 26.6 Å². The molecule has 28 heavy (non-hydrogen) atoms. The lowest BCUT2D eigenvalue weighted by molar-refractivity contribution is 0.560. The Morgan fingerprint density at radius 2 is 2.07 bits per heavy atom. The maximum Gasteiger partial charge on any atom is 0.191 e. The molecule has 2 N–H and O–H groups in total. The fraction of sp³-hybridized carbons (Fsp3) is 0.632. The molecule has 0 bridgehead atoms. The highest BCUT2D eigenvalue weighted by Crippen LogP contribution is 2.23. The van der Waals surface area contributed by atoms with Gasteiger partial charge in [-0.3, -0.25) is 4.99 Å². The summed E-state index contributed by atoms with van der Waals surface area (Å²) in [5.74, 6) is 0.714. The van der Waals surface area contributed by atoms with Crippen molar-refractivity contribution < 1.29 is 8.42 Å². The third kappa shape index (κ3) is 7.26. The van der Waals surface area contributed by atoms with Crippen molar-refractivity contribution in [2.24, 2.45) is 4.99 Å². The third-order valence-corrected chi connectivity index (χ3v) is 7.43. The maximum absolute atomic E-state index is 12.2. The minimum atomic E-state index is -3.17. The lowest BCUT2D eigenvalue weighted by Crippen LogP contribution is -2.45. The van der Waals surface area contributed by atoms with Crippen molar-refractivity contribution in [3.05, 3.63) is 29.3 Å². The van der Waals surface area contributed by atoms with Crippen LogP contribution in [0.25, 0.3) is 0 Å². The second kappa shape index (κ2) is 10.9. The Bertz CT molecular complexity index is 765. The van der Waals surface area contributed by atoms with Crippen molar-refractivity contribution in [2.75, 3.05) is 36.8 Å². The lowest BCUT2D eigenvalue weighted by Gasteiger charge is -2.21. The Morgan fingerprint density at radius 1 is 1.36 bits per heavy atom. The van der Waals surface area contributed by atoms with Crippen LogP contribution in [0.5, 0.6) is 0 Å². The summed E-state index contributed by atoms with van der Waals surface area (Å²) in [5.41, 5.74) is 1.12. The molecule has 160 valence electrons. The van der Waals surface area contributed by atoms with E-state index in [1.165, 1.54) is 0 Å². The van der Waals surface area contributed by atoms with E-state index in [1.54, 1.807) is 20.8 Å². The van der Waals surface area contributed by atoms with E-state index >= 15 is 0 Å². The summed E-state index contributed by atoms with van der Waals surface area (Å²) in [6.45, 7) is 9.93. The predicted molar refractivity (Wildman–Crippen MR) is 130 cm³/mol. The summed E-state index contributed by atoms with van der Waals surface area (Å²) in [6, 6.07) is 8.12. The van der Waals surface area contributed by atoms with E-state index in [0.29, 0.717) is 5.96 Å². The van der Waals surface area contributed by atoms with Crippen molar-refractivity contribution in [3.8, 4) is 0 Å². The Kier molecular flexibility index (Phi) is 9.82. The zero-order valence-corrected chi connectivity index (χ0v) is 20.9. The number of hydrogen-bond donors (Lipinski definition) is 2. The molecule has 1 heterocycles. The highest BCUT2D eigenvalue weighted by molar-refractivity contribution is 14.0. The van der Waals surface area contributed by atoms with Gasteiger partial charge in [-0.1, -0.05) is 17.7 Å². The van der Waals surface area contributed by atoms with Gasteiger partial charge in [0, 0.05) is 36.4 Å². The van der Waals surface area contributed by atoms with Gasteiger partial charge in [-0.25, -0.2) is 8.42 Å². The van der Waals surface area contributed by atoms with Gasteiger partial charge in [0.1, 0.15) is 0 Å². The van der Waals surface area contributed by atoms with Crippen molar-refractivity contribution in [2.45, 2.75) is 44.9 Å². The standard InChI is InChI=1S/C19H31ClN4O2S.HI/c1-5-21-18(22-10-12-27(25,26)19(2,3)4)23-16-9-11-24(14-16)17-8-6-7-15(20)13-17;/h6-8,13,16H,5,9-12,14H2,1-4H3,(H2,21,22,23);1H. The summed E-state index contributed by atoms with van der Waals surface area (Å²) >= 11 is 6.09. The Morgan fingerprint density at radius 3 is 2.68 bits per heavy atom. The van der Waals surface area contributed by atoms with Crippen LogP contribution in [-0.2, 0) is 9.84 Å². The number of nitrogens with zero attached hydrogens (tertiary/aromatic N) is 2. The minimum Gasteiger partial charge on any atom is -0.369 e. The molecule has 0 saturated carbocycles. The molecule has 1 unspecified atom stereocenters. The average molecular weight is 543 g/mol. The maximum atomic E-state index is 12.2. The number of sulfone groups is 1. The van der Waals surface area contributed by atoms with E-state index in [4.69, 9.17) is 11.6 Å². The number of benzene rings is 1. The van der Waals surface area contributed by atoms with Crippen molar-refractivity contribution in [1.82, 2.24) is 10.6 Å². The van der Waals surface area contributed by atoms with E-state index in [-0.39, 0.29) is 42.3 Å². The summed E-state index contributed by atoms with van der Waals surface area (Å²) in [7, 11) is -3.17. The summed E-state index contributed by atoms with van der Waals surface area (Å²) in [4.78, 5) is 6.75. The third-order valence-electron chi connectivity index (χ3n) is 4.61. The van der Waals surface area contributed by atoms with Gasteiger partial charge >= 0.3 is 0 Å². The summed E-state index contributed by atoms with van der Waals surface area (Å²) in [6.07, 6.45) is 0.983. The first-order valence-corrected chi connectivity index (χ1v) is 11.4. The molecule has 0 aromatic heterocycles. The number of anilines is 1. The van der Waals surface area contributed by atoms with Crippen LogP contribution in [-0.4, -0.2) is 57.1 Å². The molecule has 0 radical (unpaired) electrons. The zero-order chi connectivity index (χ0) is 20.1. The molecule has 1 aliphatic rings. The highest BCUT2D eigenvalue weighted by atomic mass is 127. The van der Waals surface area contributed by atoms with Crippen LogP contribution in [0.3, 0.4) is 0 Å². The highest BCUT2D eigenvalue weighted by Gasteiger charge is 2.28. The quantitative estimate of drug-likeness (QED) is 0.328. The largest absolute Gasteiger partial charge is 0.369 e. The van der Waals surface area contributed by atoms with E-state index in [1.807, 2.05) is 25.1 Å². The fourth-order valence-electron chi connectivity index (χ4n) is 2.88. The van der Waals surface area contributed by atoms with Crippen molar-refractivity contribution >= 4 is 57.1 Å². The van der Waals surface area contributed by atoms with Crippen LogP contribution in [0, 0.1) is 0 Å². The summed E-state index contributed by atoms with van der Waals surface area (Å²) < 4.78 is 23.7. The number of aliphatic imine (C=N–C) groups is 1. The summed E-state index contributed by atoms with van der Waals surface area (Å²) in [5, 5.41) is 7.36. The first kappa shape index (κ1) is 25.3. The van der Waals surface area contributed by atoms with Gasteiger partial charge in [0.15, 0.2) is 15.8 Å². The van der Waals surface area contributed by atoms with Crippen LogP contribution < -0.4 is 15.5 Å². The molecule has 1 aromatic rings. The second-order valence-corrected chi connectivity index (χ2v) is 11.0. The van der Waals surface area contributed by atoms with Crippen LogP contribution in [0.2, 0.25) is 5.02 Å². The van der Waals surface area contributed by atoms with Crippen molar-refractivity contribution in [1.29, 1.82) is 0 Å². The number of halogens is 2. The van der Waals surface area contributed by atoms with E-state index < -0.39 is 14.6 Å². The Balaban J connectivity index is 0.00000392. The van der Waals surface area contributed by atoms with Gasteiger partial charge in [0.25, 0.3) is 0 Å². The second-order valence-electron chi connectivity index (χ2n) is 7.75. The normalized spacial score (nSPS) is 18.0. The molecule has 1 aromatic carbocycles. The molecule has 6 nitrogen and oxygen atoms in total.